The quantitative estimate of drug-likeness (QED) is 0.818. The minimum Gasteiger partial charge on any atom is -0.335 e. The van der Waals surface area contributed by atoms with Crippen LogP contribution in [0.3, 0.4) is 0 Å². The molecule has 1 aromatic heterocycles. The summed E-state index contributed by atoms with van der Waals surface area (Å²) < 4.78 is 2.31. The van der Waals surface area contributed by atoms with E-state index >= 15 is 0 Å². The lowest BCUT2D eigenvalue weighted by Crippen LogP contribution is -2.66. The third-order valence-corrected chi connectivity index (χ3v) is 4.83. The van der Waals surface area contributed by atoms with Crippen LogP contribution in [0.4, 0.5) is 0 Å². The first kappa shape index (κ1) is 14.0. The maximum absolute atomic E-state index is 4.57. The van der Waals surface area contributed by atoms with Crippen molar-refractivity contribution in [1.29, 1.82) is 0 Å². The van der Waals surface area contributed by atoms with Crippen molar-refractivity contribution in [3.8, 4) is 0 Å². The van der Waals surface area contributed by atoms with E-state index in [9.17, 15) is 0 Å². The first-order chi connectivity index (χ1) is 9.81. The van der Waals surface area contributed by atoms with Gasteiger partial charge in [0.15, 0.2) is 0 Å². The first-order valence-corrected chi connectivity index (χ1v) is 7.95. The van der Waals surface area contributed by atoms with E-state index in [4.69, 9.17) is 0 Å². The second-order valence-corrected chi connectivity index (χ2v) is 6.04. The zero-order valence-electron chi connectivity index (χ0n) is 12.8. The summed E-state index contributed by atoms with van der Waals surface area (Å²) in [5.74, 6) is 1.23. The van der Waals surface area contributed by atoms with Gasteiger partial charge in [-0.2, -0.15) is 0 Å². The van der Waals surface area contributed by atoms with Crippen LogP contribution in [0.2, 0.25) is 0 Å². The van der Waals surface area contributed by atoms with Crippen LogP contribution in [0.1, 0.15) is 19.2 Å². The van der Waals surface area contributed by atoms with E-state index in [0.717, 1.165) is 19.4 Å². The molecule has 20 heavy (non-hydrogen) atoms. The van der Waals surface area contributed by atoms with Gasteiger partial charge in [-0.05, 0) is 13.5 Å². The minimum absolute atomic E-state index is 0.496. The molecule has 4 rings (SSSR count). The van der Waals surface area contributed by atoms with Crippen molar-refractivity contribution in [2.75, 3.05) is 39.8 Å². The predicted molar refractivity (Wildman–Crippen MR) is 80.9 cm³/mol. The number of aryl methyl sites for hydroxylation is 1. The zero-order valence-corrected chi connectivity index (χ0v) is 12.8. The largest absolute Gasteiger partial charge is 0.335 e. The number of hydrogen-bond acceptors (Lipinski definition) is 4. The lowest BCUT2D eigenvalue weighted by molar-refractivity contribution is -0.00239. The van der Waals surface area contributed by atoms with E-state index in [1.54, 1.807) is 0 Å². The summed E-state index contributed by atoms with van der Waals surface area (Å²) in [6.07, 6.45) is 6.24. The average Bonchev–Trinajstić information content (AvgIpc) is 2.93. The van der Waals surface area contributed by atoms with Gasteiger partial charge in [0.05, 0.1) is 0 Å². The van der Waals surface area contributed by atoms with Gasteiger partial charge in [-0.25, -0.2) is 4.98 Å². The highest BCUT2D eigenvalue weighted by molar-refractivity contribution is 5.02. The fourth-order valence-electron chi connectivity index (χ4n) is 3.64. The van der Waals surface area contributed by atoms with Crippen LogP contribution in [0.5, 0.6) is 0 Å². The normalized spacial score (nSPS) is 30.6. The van der Waals surface area contributed by atoms with Gasteiger partial charge in [-0.3, -0.25) is 9.80 Å². The van der Waals surface area contributed by atoms with Gasteiger partial charge in [-0.15, -0.1) is 0 Å². The monoisotopic (exact) mass is 277 g/mol. The molecule has 0 aliphatic carbocycles. The van der Waals surface area contributed by atoms with Crippen molar-refractivity contribution < 1.29 is 0 Å². The summed E-state index contributed by atoms with van der Waals surface area (Å²) in [5, 5.41) is 3.54. The summed E-state index contributed by atoms with van der Waals surface area (Å²) in [6.45, 7) is 9.46. The Morgan fingerprint density at radius 2 is 2.15 bits per heavy atom. The Morgan fingerprint density at radius 3 is 2.75 bits per heavy atom. The molecule has 3 aliphatic rings. The van der Waals surface area contributed by atoms with Crippen LogP contribution < -0.4 is 5.32 Å². The Kier molecular flexibility index (Phi) is 4.38. The molecule has 3 aliphatic heterocycles. The molecule has 0 aromatic carbocycles. The molecule has 0 amide bonds. The van der Waals surface area contributed by atoms with E-state index < -0.39 is 0 Å². The lowest BCUT2D eigenvalue weighted by Gasteiger charge is -2.50. The topological polar surface area (TPSA) is 36.3 Å². The molecule has 0 saturated carbocycles. The van der Waals surface area contributed by atoms with Crippen molar-refractivity contribution in [2.45, 2.75) is 38.4 Å². The van der Waals surface area contributed by atoms with Gasteiger partial charge in [-0.1, -0.05) is 6.92 Å². The minimum atomic E-state index is 0.496. The third kappa shape index (κ3) is 2.75. The van der Waals surface area contributed by atoms with E-state index in [0.29, 0.717) is 12.1 Å². The number of hydrogen-bond donors (Lipinski definition) is 1. The summed E-state index contributed by atoms with van der Waals surface area (Å²) in [7, 11) is 2.09. The predicted octanol–water partition coefficient (Wildman–Crippen LogP) is 0.423. The maximum Gasteiger partial charge on any atom is 0.110 e. The van der Waals surface area contributed by atoms with Crippen molar-refractivity contribution >= 4 is 0 Å². The molecule has 0 radical (unpaired) electrons. The van der Waals surface area contributed by atoms with Gasteiger partial charge in [0.2, 0.25) is 0 Å². The van der Waals surface area contributed by atoms with Crippen LogP contribution in [0, 0.1) is 0 Å². The summed E-state index contributed by atoms with van der Waals surface area (Å²) in [4.78, 5) is 9.84. The maximum atomic E-state index is 4.57. The van der Waals surface area contributed by atoms with Crippen LogP contribution in [-0.2, 0) is 13.0 Å². The van der Waals surface area contributed by atoms with Crippen LogP contribution >= 0.6 is 0 Å². The number of piperazine rings is 3. The summed E-state index contributed by atoms with van der Waals surface area (Å²) in [5.41, 5.74) is 0. The van der Waals surface area contributed by atoms with Crippen molar-refractivity contribution in [3.63, 3.8) is 0 Å². The number of aromatic nitrogens is 2. The molecular weight excluding hydrogens is 250 g/mol. The van der Waals surface area contributed by atoms with Gasteiger partial charge < -0.3 is 9.88 Å². The van der Waals surface area contributed by atoms with Gasteiger partial charge in [0.25, 0.3) is 0 Å². The molecule has 2 unspecified atom stereocenters. The number of imidazole rings is 1. The number of nitrogens with one attached hydrogen (secondary N) is 1. The van der Waals surface area contributed by atoms with Gasteiger partial charge >= 0.3 is 0 Å². The molecule has 1 aromatic rings. The first-order valence-electron chi connectivity index (χ1n) is 7.95. The number of rotatable bonds is 6. The molecule has 4 heterocycles. The number of nitrogens with zero attached hydrogens (tertiary/aromatic N) is 4. The Morgan fingerprint density at radius 1 is 1.35 bits per heavy atom. The molecule has 2 atom stereocenters. The SMILES string of the molecule is CCCn1ccnc1CC(NC)C1CN2CCN1CC2. The molecular formula is C15H27N5. The Bertz CT molecular complexity index is 422. The summed E-state index contributed by atoms with van der Waals surface area (Å²) >= 11 is 0. The van der Waals surface area contributed by atoms with Crippen molar-refractivity contribution in [3.05, 3.63) is 18.2 Å². The highest BCUT2D eigenvalue weighted by Crippen LogP contribution is 2.20. The Hall–Kier alpha value is -0.910. The molecule has 3 saturated heterocycles. The highest BCUT2D eigenvalue weighted by atomic mass is 15.4. The van der Waals surface area contributed by atoms with E-state index in [1.165, 1.54) is 38.5 Å². The zero-order chi connectivity index (χ0) is 13.9. The third-order valence-electron chi connectivity index (χ3n) is 4.83. The van der Waals surface area contributed by atoms with E-state index in [-0.39, 0.29) is 0 Å². The number of likely N-dealkylation sites (N-methyl/N-ethyl adjacent to an activating group) is 1. The van der Waals surface area contributed by atoms with Crippen molar-refractivity contribution in [2.24, 2.45) is 0 Å². The summed E-state index contributed by atoms with van der Waals surface area (Å²) in [6, 6.07) is 1.13. The second-order valence-electron chi connectivity index (χ2n) is 6.04. The molecule has 5 heteroatoms. The van der Waals surface area contributed by atoms with E-state index in [2.05, 4.69) is 44.8 Å². The van der Waals surface area contributed by atoms with Crippen LogP contribution in [0.15, 0.2) is 12.4 Å². The highest BCUT2D eigenvalue weighted by Gasteiger charge is 2.36. The average molecular weight is 277 g/mol. The fourth-order valence-corrected chi connectivity index (χ4v) is 3.64. The number of fused-ring (bicyclic) bond motifs is 3. The Balaban J connectivity index is 1.69. The lowest BCUT2D eigenvalue weighted by atomic mass is 9.97. The Labute approximate surface area is 122 Å². The van der Waals surface area contributed by atoms with Crippen LogP contribution in [-0.4, -0.2) is 71.2 Å². The van der Waals surface area contributed by atoms with Crippen LogP contribution in [0.25, 0.3) is 0 Å². The molecule has 1 N–H and O–H groups in total. The van der Waals surface area contributed by atoms with E-state index in [1.807, 2.05) is 6.20 Å². The fraction of sp³-hybridized carbons (Fsp3) is 0.800. The molecule has 3 fully saturated rings. The smallest absolute Gasteiger partial charge is 0.110 e. The molecule has 112 valence electrons. The van der Waals surface area contributed by atoms with Crippen molar-refractivity contribution in [1.82, 2.24) is 24.7 Å². The molecule has 5 nitrogen and oxygen atoms in total. The van der Waals surface area contributed by atoms with Gasteiger partial charge in [0, 0.05) is 70.2 Å². The second kappa shape index (κ2) is 6.24. The van der Waals surface area contributed by atoms with Gasteiger partial charge in [0.1, 0.15) is 5.82 Å². The standard InChI is InChI=1S/C15H27N5/c1-3-5-20-6-4-17-15(20)11-13(16-2)14-12-18-7-9-19(14)10-8-18/h4,6,13-14,16H,3,5,7-12H2,1-2H3. The molecule has 0 spiro atoms. The molecule has 2 bridgehead atoms.